The molecule has 0 aliphatic carbocycles. The largest absolute Gasteiger partial charge is 0.481 e. The van der Waals surface area contributed by atoms with Crippen LogP contribution in [0.4, 0.5) is 0 Å². The molecule has 2 atom stereocenters. The van der Waals surface area contributed by atoms with Crippen molar-refractivity contribution in [3.8, 4) is 0 Å². The van der Waals surface area contributed by atoms with Crippen molar-refractivity contribution in [2.24, 2.45) is 11.8 Å². The van der Waals surface area contributed by atoms with Gasteiger partial charge in [0.15, 0.2) is 0 Å². The van der Waals surface area contributed by atoms with Crippen LogP contribution in [0.25, 0.3) is 0 Å². The monoisotopic (exact) mass is 412 g/mol. The number of rotatable bonds is 12. The SMILES string of the molecule is CCCCC(CC)C(=O)O.CCCCC(CC)C(=O)O.OCCO.OCCO. The molecule has 0 amide bonds. The van der Waals surface area contributed by atoms with Crippen LogP contribution < -0.4 is 0 Å². The van der Waals surface area contributed by atoms with E-state index in [1.54, 1.807) is 0 Å². The fourth-order valence-electron chi connectivity index (χ4n) is 1.91. The minimum absolute atomic E-state index is 0.111. The molecule has 0 aromatic rings. The molecule has 0 aliphatic heterocycles. The third-order valence-corrected chi connectivity index (χ3v) is 3.70. The molecule has 28 heavy (non-hydrogen) atoms. The summed E-state index contributed by atoms with van der Waals surface area (Å²) in [6, 6.07) is 0. The van der Waals surface area contributed by atoms with E-state index >= 15 is 0 Å². The Bertz CT molecular complexity index is 277. The summed E-state index contributed by atoms with van der Waals surface area (Å²) in [5.74, 6) is -1.51. The average molecular weight is 413 g/mol. The molecule has 0 aliphatic rings. The third-order valence-electron chi connectivity index (χ3n) is 3.70. The number of hydrogen-bond acceptors (Lipinski definition) is 6. The Hall–Kier alpha value is -1.22. The van der Waals surface area contributed by atoms with E-state index in [-0.39, 0.29) is 38.3 Å². The lowest BCUT2D eigenvalue weighted by Crippen LogP contribution is -2.11. The Morgan fingerprint density at radius 3 is 0.964 bits per heavy atom. The standard InChI is InChI=1S/2C8H16O2.2C2H6O2/c2*1-3-5-6-7(4-2)8(9)10;2*3-1-2-4/h2*7H,3-6H2,1-2H3,(H,9,10);2*3-4H,1-2H2. The molecule has 0 rings (SSSR count). The molecule has 0 saturated heterocycles. The molecule has 0 aromatic carbocycles. The molecule has 8 heteroatoms. The number of hydrogen-bond donors (Lipinski definition) is 6. The maximum absolute atomic E-state index is 10.4. The maximum Gasteiger partial charge on any atom is 0.306 e. The molecule has 0 heterocycles. The second kappa shape index (κ2) is 30.5. The van der Waals surface area contributed by atoms with E-state index in [2.05, 4.69) is 13.8 Å². The van der Waals surface area contributed by atoms with Crippen LogP contribution in [-0.2, 0) is 9.59 Å². The van der Waals surface area contributed by atoms with Crippen molar-refractivity contribution in [3.63, 3.8) is 0 Å². The number of unbranched alkanes of at least 4 members (excludes halogenated alkanes) is 2. The van der Waals surface area contributed by atoms with Crippen LogP contribution in [0.5, 0.6) is 0 Å². The molecule has 0 aromatic heterocycles. The van der Waals surface area contributed by atoms with E-state index in [4.69, 9.17) is 30.6 Å². The van der Waals surface area contributed by atoms with Gasteiger partial charge in [-0.05, 0) is 25.7 Å². The molecular weight excluding hydrogens is 368 g/mol. The summed E-state index contributed by atoms with van der Waals surface area (Å²) in [7, 11) is 0. The van der Waals surface area contributed by atoms with Gasteiger partial charge in [0.1, 0.15) is 0 Å². The minimum atomic E-state index is -0.643. The Kier molecular flexibility index (Phi) is 37.4. The van der Waals surface area contributed by atoms with Gasteiger partial charge in [0.05, 0.1) is 38.3 Å². The topological polar surface area (TPSA) is 156 Å². The van der Waals surface area contributed by atoms with E-state index in [1.165, 1.54) is 0 Å². The summed E-state index contributed by atoms with van der Waals surface area (Å²) in [4.78, 5) is 20.9. The molecular formula is C20H44O8. The average Bonchev–Trinajstić information content (AvgIpc) is 2.69. The fraction of sp³-hybridized carbons (Fsp3) is 0.900. The van der Waals surface area contributed by atoms with Crippen LogP contribution >= 0.6 is 0 Å². The van der Waals surface area contributed by atoms with Gasteiger partial charge in [0.25, 0.3) is 0 Å². The predicted octanol–water partition coefficient (Wildman–Crippen LogP) is 2.52. The number of carbonyl (C=O) groups is 2. The number of aliphatic carboxylic acids is 2. The Morgan fingerprint density at radius 1 is 0.607 bits per heavy atom. The molecule has 0 saturated carbocycles. The van der Waals surface area contributed by atoms with E-state index in [9.17, 15) is 9.59 Å². The summed E-state index contributed by atoms with van der Waals surface area (Å²) >= 11 is 0. The van der Waals surface area contributed by atoms with Crippen molar-refractivity contribution in [2.45, 2.75) is 79.1 Å². The Balaban J connectivity index is -0.000000150. The van der Waals surface area contributed by atoms with Gasteiger partial charge in [-0.2, -0.15) is 0 Å². The highest BCUT2D eigenvalue weighted by molar-refractivity contribution is 5.70. The van der Waals surface area contributed by atoms with Crippen molar-refractivity contribution in [1.29, 1.82) is 0 Å². The van der Waals surface area contributed by atoms with Crippen molar-refractivity contribution in [1.82, 2.24) is 0 Å². The second-order valence-corrected chi connectivity index (χ2v) is 6.07. The first-order valence-electron chi connectivity index (χ1n) is 10.2. The highest BCUT2D eigenvalue weighted by Crippen LogP contribution is 2.12. The van der Waals surface area contributed by atoms with Gasteiger partial charge in [0.2, 0.25) is 0 Å². The van der Waals surface area contributed by atoms with Crippen molar-refractivity contribution in [3.05, 3.63) is 0 Å². The lowest BCUT2D eigenvalue weighted by atomic mass is 10.00. The van der Waals surface area contributed by atoms with Crippen LogP contribution in [0, 0.1) is 11.8 Å². The molecule has 172 valence electrons. The molecule has 6 N–H and O–H groups in total. The summed E-state index contributed by atoms with van der Waals surface area (Å²) in [6.07, 6.45) is 7.43. The van der Waals surface area contributed by atoms with Crippen LogP contribution in [-0.4, -0.2) is 69.0 Å². The molecule has 8 nitrogen and oxygen atoms in total. The smallest absolute Gasteiger partial charge is 0.306 e. The summed E-state index contributed by atoms with van der Waals surface area (Å²) in [5, 5.41) is 47.7. The number of carboxylic acid groups (broad SMARTS) is 2. The van der Waals surface area contributed by atoms with Crippen molar-refractivity contribution < 1.29 is 40.2 Å². The van der Waals surface area contributed by atoms with E-state index in [1.807, 2.05) is 13.8 Å². The van der Waals surface area contributed by atoms with E-state index in [0.29, 0.717) is 0 Å². The van der Waals surface area contributed by atoms with Crippen LogP contribution in [0.15, 0.2) is 0 Å². The van der Waals surface area contributed by atoms with Gasteiger partial charge in [-0.1, -0.05) is 53.4 Å². The maximum atomic E-state index is 10.4. The van der Waals surface area contributed by atoms with Crippen molar-refractivity contribution >= 4 is 11.9 Å². The van der Waals surface area contributed by atoms with Gasteiger partial charge in [0, 0.05) is 0 Å². The van der Waals surface area contributed by atoms with Crippen LogP contribution in [0.1, 0.15) is 79.1 Å². The summed E-state index contributed by atoms with van der Waals surface area (Å²) in [6.45, 7) is 7.51. The zero-order valence-corrected chi connectivity index (χ0v) is 18.1. The first kappa shape index (κ1) is 34.3. The fourth-order valence-corrected chi connectivity index (χ4v) is 1.91. The number of carboxylic acids is 2. The van der Waals surface area contributed by atoms with Gasteiger partial charge < -0.3 is 30.6 Å². The highest BCUT2D eigenvalue weighted by atomic mass is 16.4. The Labute approximate surface area is 170 Å². The van der Waals surface area contributed by atoms with E-state index in [0.717, 1.165) is 51.4 Å². The second-order valence-electron chi connectivity index (χ2n) is 6.07. The summed E-state index contributed by atoms with van der Waals surface area (Å²) < 4.78 is 0. The first-order valence-corrected chi connectivity index (χ1v) is 10.2. The van der Waals surface area contributed by atoms with Gasteiger partial charge in [-0.3, -0.25) is 9.59 Å². The molecule has 2 unspecified atom stereocenters. The van der Waals surface area contributed by atoms with E-state index < -0.39 is 11.9 Å². The van der Waals surface area contributed by atoms with Crippen LogP contribution in [0.3, 0.4) is 0 Å². The summed E-state index contributed by atoms with van der Waals surface area (Å²) in [5.41, 5.74) is 0. The lowest BCUT2D eigenvalue weighted by Gasteiger charge is -2.06. The number of aliphatic hydroxyl groups is 4. The lowest BCUT2D eigenvalue weighted by molar-refractivity contribution is -0.143. The highest BCUT2D eigenvalue weighted by Gasteiger charge is 2.13. The minimum Gasteiger partial charge on any atom is -0.481 e. The Morgan fingerprint density at radius 2 is 0.857 bits per heavy atom. The predicted molar refractivity (Wildman–Crippen MR) is 110 cm³/mol. The zero-order chi connectivity index (χ0) is 22.8. The van der Waals surface area contributed by atoms with Gasteiger partial charge >= 0.3 is 11.9 Å². The van der Waals surface area contributed by atoms with Crippen LogP contribution in [0.2, 0.25) is 0 Å². The van der Waals surface area contributed by atoms with Gasteiger partial charge in [-0.25, -0.2) is 0 Å². The zero-order valence-electron chi connectivity index (χ0n) is 18.1. The molecule has 0 radical (unpaired) electrons. The van der Waals surface area contributed by atoms with Crippen molar-refractivity contribution in [2.75, 3.05) is 26.4 Å². The third kappa shape index (κ3) is 32.5. The normalized spacial score (nSPS) is 11.4. The van der Waals surface area contributed by atoms with Gasteiger partial charge in [-0.15, -0.1) is 0 Å². The first-order chi connectivity index (χ1) is 13.3. The molecule has 0 spiro atoms. The molecule has 0 fully saturated rings. The number of aliphatic hydroxyl groups excluding tert-OH is 4. The quantitative estimate of drug-likeness (QED) is 0.285. The molecule has 0 bridgehead atoms.